The van der Waals surface area contributed by atoms with Gasteiger partial charge in [0.25, 0.3) is 0 Å². The van der Waals surface area contributed by atoms with Gasteiger partial charge in [0, 0.05) is 72.0 Å². The van der Waals surface area contributed by atoms with E-state index in [1.807, 2.05) is 0 Å². The summed E-state index contributed by atoms with van der Waals surface area (Å²) in [6.45, 7) is 17.3. The van der Waals surface area contributed by atoms with Crippen LogP contribution in [0.4, 0.5) is 0 Å². The van der Waals surface area contributed by atoms with Crippen molar-refractivity contribution in [1.82, 2.24) is 21.3 Å². The Hall–Kier alpha value is -5.64. The Morgan fingerprint density at radius 3 is 0.766 bits per heavy atom. The zero-order valence-corrected chi connectivity index (χ0v) is 36.9. The average Bonchev–Trinajstić information content (AvgIpc) is 4.19. The van der Waals surface area contributed by atoms with Gasteiger partial charge >= 0.3 is 0 Å². The van der Waals surface area contributed by atoms with Gasteiger partial charge in [0.05, 0.1) is 0 Å². The van der Waals surface area contributed by atoms with E-state index in [0.29, 0.717) is 26.4 Å². The summed E-state index contributed by atoms with van der Waals surface area (Å²) in [7, 11) is 0. The van der Waals surface area contributed by atoms with Crippen molar-refractivity contribution in [2.75, 3.05) is 26.4 Å². The quantitative estimate of drug-likeness (QED) is 0.0831. The molecule has 12 unspecified atom stereocenters. The van der Waals surface area contributed by atoms with Gasteiger partial charge in [-0.3, -0.25) is 0 Å². The minimum Gasteiger partial charge on any atom is -0.490 e. The number of fused-ring (bicyclic) bond motifs is 8. The van der Waals surface area contributed by atoms with E-state index in [1.54, 1.807) is 24.3 Å². The van der Waals surface area contributed by atoms with Gasteiger partial charge < -0.3 is 40.2 Å². The van der Waals surface area contributed by atoms with Crippen molar-refractivity contribution in [3.63, 3.8) is 0 Å². The molecule has 5 aliphatic rings. The SMILES string of the molecule is C=CCOc1ccc(C2C3C=CC(N3)C(c3ccc(OCC=C)cc3)C3CCC(N3)C(c3ccc(OCC=C)cc3)C3C=CC(N3)C(c3ccc(OCC=C)cc3)C3CCC2N3)cc1. The van der Waals surface area contributed by atoms with Crippen LogP contribution in [-0.4, -0.2) is 74.8 Å². The minimum absolute atomic E-state index is 0.118. The van der Waals surface area contributed by atoms with E-state index in [9.17, 15) is 0 Å². The fourth-order valence-corrected chi connectivity index (χ4v) is 11.3. The molecule has 4 aromatic rings. The lowest BCUT2D eigenvalue weighted by atomic mass is 9.83. The first kappa shape index (κ1) is 43.6. The monoisotopic (exact) mass is 856 g/mol. The van der Waals surface area contributed by atoms with Crippen LogP contribution in [0.15, 0.2) is 172 Å². The zero-order chi connectivity index (χ0) is 43.8. The average molecular weight is 857 g/mol. The van der Waals surface area contributed by atoms with E-state index in [1.165, 1.54) is 22.3 Å². The van der Waals surface area contributed by atoms with E-state index in [4.69, 9.17) is 18.9 Å². The van der Waals surface area contributed by atoms with E-state index in [2.05, 4.69) is 169 Å². The third kappa shape index (κ3) is 9.57. The molecule has 8 nitrogen and oxygen atoms in total. The van der Waals surface area contributed by atoms with Crippen molar-refractivity contribution in [2.24, 2.45) is 0 Å². The Labute approximate surface area is 380 Å². The zero-order valence-electron chi connectivity index (χ0n) is 36.9. The van der Waals surface area contributed by atoms with E-state index >= 15 is 0 Å². The highest BCUT2D eigenvalue weighted by atomic mass is 16.5. The van der Waals surface area contributed by atoms with Crippen molar-refractivity contribution in [1.29, 1.82) is 0 Å². The molecule has 8 bridgehead atoms. The Balaban J connectivity index is 1.11. The first-order chi connectivity index (χ1) is 31.5. The molecule has 332 valence electrons. The highest BCUT2D eigenvalue weighted by Crippen LogP contribution is 2.44. The molecule has 5 heterocycles. The number of benzene rings is 4. The van der Waals surface area contributed by atoms with Crippen LogP contribution in [0, 0.1) is 0 Å². The molecular weight excluding hydrogens is 793 g/mol. The molecule has 4 aromatic carbocycles. The lowest BCUT2D eigenvalue weighted by molar-refractivity contribution is 0.316. The van der Waals surface area contributed by atoms with Crippen molar-refractivity contribution >= 4 is 0 Å². The lowest BCUT2D eigenvalue weighted by Gasteiger charge is -2.38. The summed E-state index contributed by atoms with van der Waals surface area (Å²) in [4.78, 5) is 0. The summed E-state index contributed by atoms with van der Waals surface area (Å²) in [5, 5.41) is 17.1. The fourth-order valence-electron chi connectivity index (χ4n) is 11.3. The molecule has 4 N–H and O–H groups in total. The van der Waals surface area contributed by atoms with Crippen LogP contribution in [0.2, 0.25) is 0 Å². The highest BCUT2D eigenvalue weighted by Gasteiger charge is 2.47. The molecule has 0 amide bonds. The predicted molar refractivity (Wildman–Crippen MR) is 259 cm³/mol. The van der Waals surface area contributed by atoms with Crippen molar-refractivity contribution < 1.29 is 18.9 Å². The highest BCUT2D eigenvalue weighted by molar-refractivity contribution is 5.41. The number of nitrogens with one attached hydrogen (secondary N) is 4. The van der Waals surface area contributed by atoms with Gasteiger partial charge in [-0.1, -0.05) is 123 Å². The number of hydrogen-bond acceptors (Lipinski definition) is 8. The predicted octanol–water partition coefficient (Wildman–Crippen LogP) is 9.43. The van der Waals surface area contributed by atoms with Crippen LogP contribution in [0.5, 0.6) is 23.0 Å². The number of hydrogen-bond donors (Lipinski definition) is 4. The summed E-state index contributed by atoms with van der Waals surface area (Å²) in [5.41, 5.74) is 5.20. The fraction of sp³-hybridized carbons (Fsp3) is 0.357. The minimum atomic E-state index is 0.118. The maximum atomic E-state index is 5.96. The molecule has 5 aliphatic heterocycles. The van der Waals surface area contributed by atoms with E-state index in [-0.39, 0.29) is 72.0 Å². The third-order valence-corrected chi connectivity index (χ3v) is 14.1. The van der Waals surface area contributed by atoms with Crippen LogP contribution < -0.4 is 40.2 Å². The summed E-state index contributed by atoms with van der Waals surface area (Å²) in [6.07, 6.45) is 21.2. The van der Waals surface area contributed by atoms with Crippen LogP contribution in [0.1, 0.15) is 71.6 Å². The Kier molecular flexibility index (Phi) is 13.9. The maximum absolute atomic E-state index is 5.96. The summed E-state index contributed by atoms with van der Waals surface area (Å²) >= 11 is 0. The molecule has 9 rings (SSSR count). The van der Waals surface area contributed by atoms with Gasteiger partial charge in [0.1, 0.15) is 49.4 Å². The Morgan fingerprint density at radius 1 is 0.344 bits per heavy atom. The van der Waals surface area contributed by atoms with Crippen molar-refractivity contribution in [3.8, 4) is 23.0 Å². The largest absolute Gasteiger partial charge is 0.490 e. The third-order valence-electron chi connectivity index (χ3n) is 14.1. The van der Waals surface area contributed by atoms with Crippen LogP contribution in [-0.2, 0) is 0 Å². The van der Waals surface area contributed by atoms with Crippen LogP contribution in [0.3, 0.4) is 0 Å². The van der Waals surface area contributed by atoms with E-state index < -0.39 is 0 Å². The lowest BCUT2D eigenvalue weighted by Crippen LogP contribution is -2.52. The molecule has 0 spiro atoms. The molecule has 3 fully saturated rings. The Bertz CT molecular complexity index is 1940. The summed E-state index contributed by atoms with van der Waals surface area (Å²) in [6, 6.07) is 36.5. The first-order valence-corrected chi connectivity index (χ1v) is 23.3. The normalized spacial score (nSPS) is 30.4. The number of ether oxygens (including phenoxy) is 4. The van der Waals surface area contributed by atoms with Crippen molar-refractivity contribution in [2.45, 2.75) is 97.7 Å². The van der Waals surface area contributed by atoms with Gasteiger partial charge in [-0.2, -0.15) is 0 Å². The molecule has 3 saturated heterocycles. The smallest absolute Gasteiger partial charge is 0.119 e. The molecule has 8 heteroatoms. The maximum Gasteiger partial charge on any atom is 0.119 e. The summed E-state index contributed by atoms with van der Waals surface area (Å²) < 4.78 is 23.8. The molecule has 0 radical (unpaired) electrons. The molecular formula is C56H64N4O4. The van der Waals surface area contributed by atoms with Crippen LogP contribution in [0.25, 0.3) is 0 Å². The van der Waals surface area contributed by atoms with E-state index in [0.717, 1.165) is 48.7 Å². The second-order valence-corrected chi connectivity index (χ2v) is 17.9. The van der Waals surface area contributed by atoms with Crippen molar-refractivity contribution in [3.05, 3.63) is 194 Å². The molecule has 0 saturated carbocycles. The molecule has 64 heavy (non-hydrogen) atoms. The second kappa shape index (κ2) is 20.5. The second-order valence-electron chi connectivity index (χ2n) is 17.9. The number of rotatable bonds is 16. The van der Waals surface area contributed by atoms with Crippen LogP contribution >= 0.6 is 0 Å². The van der Waals surface area contributed by atoms with Gasteiger partial charge in [-0.05, 0) is 96.5 Å². The molecule has 0 aliphatic carbocycles. The molecule has 12 atom stereocenters. The van der Waals surface area contributed by atoms with Gasteiger partial charge in [0.2, 0.25) is 0 Å². The van der Waals surface area contributed by atoms with Gasteiger partial charge in [-0.15, -0.1) is 0 Å². The van der Waals surface area contributed by atoms with Gasteiger partial charge in [0.15, 0.2) is 0 Å². The topological polar surface area (TPSA) is 85.0 Å². The summed E-state index contributed by atoms with van der Waals surface area (Å²) in [5.74, 6) is 4.16. The standard InChI is InChI=1S/C56H64N4O4/c1-5-33-61-41-17-9-37(10-18-41)53-45-25-27-47(57-45)54(38-11-19-42(20-12-38)62-34-6-2)49-29-31-51(59-49)56(40-15-23-44(24-16-40)64-36-8-4)52-32-30-50(60-52)55(48-28-26-46(53)58-48)39-13-21-43(22-14-39)63-35-7-3/h5-25,27,30,32,45-60H,1-4,26,28-29,31,33-36H2. The Morgan fingerprint density at radius 2 is 0.562 bits per heavy atom. The van der Waals surface area contributed by atoms with Gasteiger partial charge in [-0.25, -0.2) is 0 Å². The molecule has 0 aromatic heterocycles. The first-order valence-electron chi connectivity index (χ1n) is 23.3.